The first-order valence-corrected chi connectivity index (χ1v) is 8.29. The Bertz CT molecular complexity index is 630. The largest absolute Gasteiger partial charge is 0.439 e. The van der Waals surface area contributed by atoms with Crippen molar-refractivity contribution in [3.05, 3.63) is 23.0 Å². The number of benzene rings is 1. The maximum absolute atomic E-state index is 5.95. The highest BCUT2D eigenvalue weighted by atomic mass is 35.5. The van der Waals surface area contributed by atoms with Gasteiger partial charge in [-0.2, -0.15) is 0 Å². The first kappa shape index (κ1) is 17.6. The van der Waals surface area contributed by atoms with Gasteiger partial charge in [0, 0.05) is 31.6 Å². The van der Waals surface area contributed by atoms with E-state index in [1.165, 1.54) is 13.1 Å². The van der Waals surface area contributed by atoms with Crippen molar-refractivity contribution in [2.45, 2.75) is 31.1 Å². The summed E-state index contributed by atoms with van der Waals surface area (Å²) in [4.78, 5) is 7.39. The van der Waals surface area contributed by atoms with E-state index in [0.29, 0.717) is 21.4 Å². The van der Waals surface area contributed by atoms with Crippen molar-refractivity contribution in [1.82, 2.24) is 15.2 Å². The molecule has 1 fully saturated rings. The van der Waals surface area contributed by atoms with Crippen LogP contribution in [0.1, 0.15) is 26.7 Å². The van der Waals surface area contributed by atoms with Gasteiger partial charge in [-0.25, -0.2) is 4.98 Å². The molecule has 0 spiro atoms. The Hall–Kier alpha value is -0.750. The van der Waals surface area contributed by atoms with Crippen molar-refractivity contribution < 1.29 is 4.42 Å². The number of likely N-dealkylation sites (N-methyl/N-ethyl adjacent to an activating group) is 1. The zero-order chi connectivity index (χ0) is 16.3. The first-order valence-electron chi connectivity index (χ1n) is 7.47. The topological polar surface area (TPSA) is 41.3 Å². The zero-order valence-electron chi connectivity index (χ0n) is 13.6. The van der Waals surface area contributed by atoms with Crippen molar-refractivity contribution in [3.8, 4) is 0 Å². The molecule has 0 saturated carbocycles. The Kier molecular flexibility index (Phi) is 5.77. The van der Waals surface area contributed by atoms with Crippen LogP contribution in [0, 0.1) is 0 Å². The number of thiol groups is 1. The minimum atomic E-state index is -0.105. The van der Waals surface area contributed by atoms with Crippen molar-refractivity contribution in [2.75, 3.05) is 33.2 Å². The fourth-order valence-electron chi connectivity index (χ4n) is 2.05. The molecule has 6 heteroatoms. The third-order valence-corrected chi connectivity index (χ3v) is 4.36. The number of fused-ring (bicyclic) bond motifs is 1. The number of hydrogen-bond donors (Lipinski definition) is 2. The molecule has 0 bridgehead atoms. The van der Waals surface area contributed by atoms with Crippen molar-refractivity contribution in [1.29, 1.82) is 0 Å². The summed E-state index contributed by atoms with van der Waals surface area (Å²) in [5, 5.41) is 3.86. The Morgan fingerprint density at radius 2 is 1.91 bits per heavy atom. The van der Waals surface area contributed by atoms with Crippen LogP contribution in [-0.2, 0) is 5.41 Å². The van der Waals surface area contributed by atoms with E-state index in [9.17, 15) is 0 Å². The van der Waals surface area contributed by atoms with Crippen LogP contribution < -0.4 is 5.32 Å². The maximum Gasteiger partial charge on any atom is 0.200 e. The molecule has 1 aliphatic heterocycles. The number of halogens is 1. The number of nitrogens with one attached hydrogen (secondary N) is 1. The molecule has 122 valence electrons. The van der Waals surface area contributed by atoms with Crippen LogP contribution in [0.5, 0.6) is 0 Å². The van der Waals surface area contributed by atoms with Gasteiger partial charge in [0.1, 0.15) is 5.52 Å². The molecule has 3 rings (SSSR count). The molecule has 0 radical (unpaired) electrons. The minimum Gasteiger partial charge on any atom is -0.439 e. The second kappa shape index (κ2) is 7.21. The lowest BCUT2D eigenvalue weighted by molar-refractivity contribution is 0.291. The van der Waals surface area contributed by atoms with E-state index in [1.807, 2.05) is 6.07 Å². The molecule has 0 aliphatic carbocycles. The van der Waals surface area contributed by atoms with Gasteiger partial charge in [-0.3, -0.25) is 0 Å². The molecular weight excluding hydrogens is 318 g/mol. The summed E-state index contributed by atoms with van der Waals surface area (Å²) in [6.45, 7) is 10.9. The molecular formula is C16H24ClN3OS. The number of rotatable bonds is 0. The van der Waals surface area contributed by atoms with Gasteiger partial charge in [-0.15, -0.1) is 12.6 Å². The molecule has 0 amide bonds. The summed E-state index contributed by atoms with van der Waals surface area (Å²) >= 11 is 10.3. The SMILES string of the molecule is CC(C)(C)c1nc2ccc(Cl)c(S)c2o1.CN1CCNCC1. The molecule has 0 unspecified atom stereocenters. The van der Waals surface area contributed by atoms with Gasteiger partial charge >= 0.3 is 0 Å². The van der Waals surface area contributed by atoms with Crippen molar-refractivity contribution in [2.24, 2.45) is 0 Å². The van der Waals surface area contributed by atoms with Gasteiger partial charge in [0.2, 0.25) is 5.89 Å². The average molecular weight is 342 g/mol. The van der Waals surface area contributed by atoms with Gasteiger partial charge in [0.25, 0.3) is 0 Å². The van der Waals surface area contributed by atoms with Gasteiger partial charge in [-0.1, -0.05) is 32.4 Å². The maximum atomic E-state index is 5.95. The number of piperazine rings is 1. The molecule has 1 aromatic heterocycles. The highest BCUT2D eigenvalue weighted by Crippen LogP contribution is 2.32. The van der Waals surface area contributed by atoms with E-state index in [1.54, 1.807) is 6.07 Å². The molecule has 22 heavy (non-hydrogen) atoms. The van der Waals surface area contributed by atoms with E-state index in [4.69, 9.17) is 16.0 Å². The van der Waals surface area contributed by atoms with Gasteiger partial charge in [-0.05, 0) is 19.2 Å². The summed E-state index contributed by atoms with van der Waals surface area (Å²) in [5.41, 5.74) is 1.36. The van der Waals surface area contributed by atoms with Crippen LogP contribution in [0.4, 0.5) is 0 Å². The van der Waals surface area contributed by atoms with Gasteiger partial charge in [0.05, 0.1) is 9.92 Å². The van der Waals surface area contributed by atoms with Crippen LogP contribution in [0.2, 0.25) is 5.02 Å². The van der Waals surface area contributed by atoms with Gasteiger partial charge < -0.3 is 14.6 Å². The van der Waals surface area contributed by atoms with Crippen molar-refractivity contribution >= 4 is 35.3 Å². The lowest BCUT2D eigenvalue weighted by atomic mass is 9.97. The molecule has 2 heterocycles. The van der Waals surface area contributed by atoms with Crippen molar-refractivity contribution in [3.63, 3.8) is 0 Å². The first-order chi connectivity index (χ1) is 10.3. The van der Waals surface area contributed by atoms with Crippen LogP contribution in [0.15, 0.2) is 21.4 Å². The number of nitrogens with zero attached hydrogens (tertiary/aromatic N) is 2. The standard InChI is InChI=1S/C11H12ClNOS.C5H12N2/c1-11(2,3)10-13-7-5-4-6(12)9(15)8(7)14-10;1-7-4-2-6-3-5-7/h4-5,15H,1-3H3;6H,2-5H2,1H3. The predicted octanol–water partition coefficient (Wildman–Crippen LogP) is 3.59. The lowest BCUT2D eigenvalue weighted by Crippen LogP contribution is -2.40. The van der Waals surface area contributed by atoms with Crippen LogP contribution in [0.25, 0.3) is 11.1 Å². The Morgan fingerprint density at radius 1 is 1.27 bits per heavy atom. The Balaban J connectivity index is 0.000000211. The summed E-state index contributed by atoms with van der Waals surface area (Å²) in [7, 11) is 2.15. The van der Waals surface area contributed by atoms with E-state index in [2.05, 4.69) is 55.6 Å². The highest BCUT2D eigenvalue weighted by molar-refractivity contribution is 7.80. The second-order valence-corrected chi connectivity index (χ2v) is 7.42. The van der Waals surface area contributed by atoms with Gasteiger partial charge in [0.15, 0.2) is 5.58 Å². The predicted molar refractivity (Wildman–Crippen MR) is 95.3 cm³/mol. The number of hydrogen-bond acceptors (Lipinski definition) is 5. The van der Waals surface area contributed by atoms with Crippen LogP contribution >= 0.6 is 24.2 Å². The zero-order valence-corrected chi connectivity index (χ0v) is 15.3. The summed E-state index contributed by atoms with van der Waals surface area (Å²) in [5.74, 6) is 0.704. The Morgan fingerprint density at radius 3 is 2.41 bits per heavy atom. The molecule has 1 aromatic carbocycles. The molecule has 2 aromatic rings. The minimum absolute atomic E-state index is 0.105. The third kappa shape index (κ3) is 4.38. The fourth-order valence-corrected chi connectivity index (χ4v) is 2.44. The summed E-state index contributed by atoms with van der Waals surface area (Å²) in [6.07, 6.45) is 0. The summed E-state index contributed by atoms with van der Waals surface area (Å²) in [6, 6.07) is 3.62. The molecule has 1 N–H and O–H groups in total. The molecule has 1 saturated heterocycles. The monoisotopic (exact) mass is 341 g/mol. The van der Waals surface area contributed by atoms with E-state index >= 15 is 0 Å². The van der Waals surface area contributed by atoms with E-state index < -0.39 is 0 Å². The quantitative estimate of drug-likeness (QED) is 0.718. The molecule has 4 nitrogen and oxygen atoms in total. The van der Waals surface area contributed by atoms with E-state index in [0.717, 1.165) is 18.6 Å². The van der Waals surface area contributed by atoms with Crippen LogP contribution in [-0.4, -0.2) is 43.1 Å². The lowest BCUT2D eigenvalue weighted by Gasteiger charge is -2.21. The second-order valence-electron chi connectivity index (χ2n) is 6.57. The Labute approximate surface area is 142 Å². The van der Waals surface area contributed by atoms with Crippen LogP contribution in [0.3, 0.4) is 0 Å². The number of oxazole rings is 1. The molecule has 0 atom stereocenters. The van der Waals surface area contributed by atoms with E-state index in [-0.39, 0.29) is 5.41 Å². The smallest absolute Gasteiger partial charge is 0.200 e. The third-order valence-electron chi connectivity index (χ3n) is 3.46. The number of aromatic nitrogens is 1. The normalized spacial score (nSPS) is 16.5. The molecule has 1 aliphatic rings. The highest BCUT2D eigenvalue weighted by Gasteiger charge is 2.22. The summed E-state index contributed by atoms with van der Waals surface area (Å²) < 4.78 is 5.67. The fraction of sp³-hybridized carbons (Fsp3) is 0.562. The average Bonchev–Trinajstić information content (AvgIpc) is 2.90.